The van der Waals surface area contributed by atoms with Gasteiger partial charge in [0.05, 0.1) is 0 Å². The van der Waals surface area contributed by atoms with E-state index < -0.39 is 0 Å². The largest absolute Gasteiger partial charge is 0.384 e. The molecule has 2 rings (SSSR count). The standard InChI is InChI=1S/C14H20N4O/c15-13(16)11-6-5-7-12(10-11)17-14(19)18-8-3-1-2-4-9-18/h5-7,10H,1-4,8-9H2,(H3,15,16)(H,17,19). The van der Waals surface area contributed by atoms with E-state index in [9.17, 15) is 4.79 Å². The van der Waals surface area contributed by atoms with Gasteiger partial charge in [0.1, 0.15) is 5.84 Å². The predicted octanol–water partition coefficient (Wildman–Crippen LogP) is 2.38. The molecule has 0 unspecified atom stereocenters. The van der Waals surface area contributed by atoms with E-state index in [0.29, 0.717) is 11.3 Å². The van der Waals surface area contributed by atoms with Crippen LogP contribution in [0.4, 0.5) is 10.5 Å². The fourth-order valence-electron chi connectivity index (χ4n) is 2.24. The van der Waals surface area contributed by atoms with Gasteiger partial charge in [0.2, 0.25) is 0 Å². The number of nitrogen functional groups attached to an aromatic ring is 1. The van der Waals surface area contributed by atoms with Crippen LogP contribution in [0, 0.1) is 5.41 Å². The van der Waals surface area contributed by atoms with Gasteiger partial charge < -0.3 is 16.0 Å². The van der Waals surface area contributed by atoms with E-state index in [4.69, 9.17) is 11.1 Å². The predicted molar refractivity (Wildman–Crippen MR) is 76.5 cm³/mol. The highest BCUT2D eigenvalue weighted by Gasteiger charge is 2.15. The number of nitrogens with one attached hydrogen (secondary N) is 2. The Morgan fingerprint density at radius 1 is 1.21 bits per heavy atom. The van der Waals surface area contributed by atoms with Crippen molar-refractivity contribution in [1.29, 1.82) is 5.41 Å². The molecule has 0 aromatic heterocycles. The highest BCUT2D eigenvalue weighted by Crippen LogP contribution is 2.14. The summed E-state index contributed by atoms with van der Waals surface area (Å²) in [4.78, 5) is 14.0. The highest BCUT2D eigenvalue weighted by molar-refractivity contribution is 5.97. The lowest BCUT2D eigenvalue weighted by molar-refractivity contribution is 0.214. The van der Waals surface area contributed by atoms with E-state index in [1.165, 1.54) is 12.8 Å². The van der Waals surface area contributed by atoms with Gasteiger partial charge in [-0.15, -0.1) is 0 Å². The number of likely N-dealkylation sites (tertiary alicyclic amines) is 1. The van der Waals surface area contributed by atoms with Gasteiger partial charge in [-0.3, -0.25) is 5.41 Å². The van der Waals surface area contributed by atoms with Crippen molar-refractivity contribution < 1.29 is 4.79 Å². The zero-order valence-corrected chi connectivity index (χ0v) is 11.0. The number of nitrogens with zero attached hydrogens (tertiary/aromatic N) is 1. The van der Waals surface area contributed by atoms with Gasteiger partial charge in [0.15, 0.2) is 0 Å². The van der Waals surface area contributed by atoms with Gasteiger partial charge in [-0.2, -0.15) is 0 Å². The molecule has 0 atom stereocenters. The fourth-order valence-corrected chi connectivity index (χ4v) is 2.24. The summed E-state index contributed by atoms with van der Waals surface area (Å²) in [5.74, 6) is 0.00544. The van der Waals surface area contributed by atoms with Gasteiger partial charge in [0.25, 0.3) is 0 Å². The third kappa shape index (κ3) is 3.71. The maximum absolute atomic E-state index is 12.1. The molecule has 4 N–H and O–H groups in total. The van der Waals surface area contributed by atoms with Gasteiger partial charge >= 0.3 is 6.03 Å². The second kappa shape index (κ2) is 6.22. The second-order valence-electron chi connectivity index (χ2n) is 4.83. The minimum atomic E-state index is -0.0670. The molecule has 102 valence electrons. The van der Waals surface area contributed by atoms with Crippen LogP contribution in [0.2, 0.25) is 0 Å². The third-order valence-corrected chi connectivity index (χ3v) is 3.32. The summed E-state index contributed by atoms with van der Waals surface area (Å²) in [5.41, 5.74) is 6.74. The molecule has 1 aliphatic heterocycles. The lowest BCUT2D eigenvalue weighted by atomic mass is 10.2. The minimum Gasteiger partial charge on any atom is -0.384 e. The molecule has 1 heterocycles. The highest BCUT2D eigenvalue weighted by atomic mass is 16.2. The molecule has 1 fully saturated rings. The summed E-state index contributed by atoms with van der Waals surface area (Å²) in [5, 5.41) is 10.3. The molecule has 0 saturated carbocycles. The first-order chi connectivity index (χ1) is 9.16. The van der Waals surface area contributed by atoms with Crippen LogP contribution in [0.25, 0.3) is 0 Å². The maximum Gasteiger partial charge on any atom is 0.321 e. The van der Waals surface area contributed by atoms with Gasteiger partial charge in [0, 0.05) is 24.3 Å². The van der Waals surface area contributed by atoms with Crippen LogP contribution in [0.1, 0.15) is 31.2 Å². The van der Waals surface area contributed by atoms with E-state index in [1.54, 1.807) is 18.2 Å². The Morgan fingerprint density at radius 3 is 2.53 bits per heavy atom. The summed E-state index contributed by atoms with van der Waals surface area (Å²) >= 11 is 0. The molecule has 5 nitrogen and oxygen atoms in total. The Bertz CT molecular complexity index is 464. The molecular formula is C14H20N4O. The SMILES string of the molecule is N=C(N)c1cccc(NC(=O)N2CCCCCC2)c1. The number of benzene rings is 1. The third-order valence-electron chi connectivity index (χ3n) is 3.32. The normalized spacial score (nSPS) is 15.7. The fraction of sp³-hybridized carbons (Fsp3) is 0.429. The molecular weight excluding hydrogens is 240 g/mol. The molecule has 0 radical (unpaired) electrons. The molecule has 1 aromatic rings. The van der Waals surface area contributed by atoms with Crippen LogP contribution < -0.4 is 11.1 Å². The number of rotatable bonds is 2. The smallest absolute Gasteiger partial charge is 0.321 e. The number of carbonyl (C=O) groups excluding carboxylic acids is 1. The zero-order valence-electron chi connectivity index (χ0n) is 11.0. The Balaban J connectivity index is 2.01. The van der Waals surface area contributed by atoms with Crippen molar-refractivity contribution in [1.82, 2.24) is 4.90 Å². The Labute approximate surface area is 113 Å². The Kier molecular flexibility index (Phi) is 4.39. The maximum atomic E-state index is 12.1. The number of hydrogen-bond acceptors (Lipinski definition) is 2. The Morgan fingerprint density at radius 2 is 1.89 bits per heavy atom. The number of hydrogen-bond donors (Lipinski definition) is 3. The van der Waals surface area contributed by atoms with Crippen LogP contribution in [0.15, 0.2) is 24.3 Å². The summed E-state index contributed by atoms with van der Waals surface area (Å²) in [6, 6.07) is 7.00. The summed E-state index contributed by atoms with van der Waals surface area (Å²) in [7, 11) is 0. The van der Waals surface area contributed by atoms with E-state index in [-0.39, 0.29) is 11.9 Å². The number of urea groups is 1. The molecule has 0 aliphatic carbocycles. The van der Waals surface area contributed by atoms with Crippen molar-refractivity contribution in [2.45, 2.75) is 25.7 Å². The van der Waals surface area contributed by atoms with Crippen molar-refractivity contribution in [2.24, 2.45) is 5.73 Å². The average Bonchev–Trinajstić information content (AvgIpc) is 2.68. The van der Waals surface area contributed by atoms with Gasteiger partial charge in [-0.1, -0.05) is 25.0 Å². The first kappa shape index (κ1) is 13.4. The Hall–Kier alpha value is -2.04. The molecule has 1 aromatic carbocycles. The topological polar surface area (TPSA) is 82.2 Å². The number of anilines is 1. The van der Waals surface area contributed by atoms with E-state index in [0.717, 1.165) is 25.9 Å². The molecule has 0 spiro atoms. The molecule has 1 aliphatic rings. The van der Waals surface area contributed by atoms with Gasteiger partial charge in [-0.25, -0.2) is 4.79 Å². The van der Waals surface area contributed by atoms with Gasteiger partial charge in [-0.05, 0) is 25.0 Å². The first-order valence-electron chi connectivity index (χ1n) is 6.67. The van der Waals surface area contributed by atoms with Crippen LogP contribution in [-0.4, -0.2) is 29.9 Å². The second-order valence-corrected chi connectivity index (χ2v) is 4.83. The first-order valence-corrected chi connectivity index (χ1v) is 6.67. The number of nitrogens with two attached hydrogens (primary N) is 1. The quantitative estimate of drug-likeness (QED) is 0.563. The summed E-state index contributed by atoms with van der Waals surface area (Å²) in [6.07, 6.45) is 4.54. The van der Waals surface area contributed by atoms with E-state index >= 15 is 0 Å². The van der Waals surface area contributed by atoms with Crippen molar-refractivity contribution >= 4 is 17.6 Å². The molecule has 19 heavy (non-hydrogen) atoms. The summed E-state index contributed by atoms with van der Waals surface area (Å²) in [6.45, 7) is 1.64. The number of amidine groups is 1. The number of amides is 2. The minimum absolute atomic E-state index is 0.00544. The van der Waals surface area contributed by atoms with Crippen molar-refractivity contribution in [3.63, 3.8) is 0 Å². The van der Waals surface area contributed by atoms with Crippen LogP contribution in [0.3, 0.4) is 0 Å². The van der Waals surface area contributed by atoms with E-state index in [1.807, 2.05) is 11.0 Å². The molecule has 0 bridgehead atoms. The monoisotopic (exact) mass is 260 g/mol. The average molecular weight is 260 g/mol. The lowest BCUT2D eigenvalue weighted by Gasteiger charge is -2.20. The van der Waals surface area contributed by atoms with Crippen LogP contribution >= 0.6 is 0 Å². The van der Waals surface area contributed by atoms with Crippen molar-refractivity contribution in [2.75, 3.05) is 18.4 Å². The molecule has 2 amide bonds. The van der Waals surface area contributed by atoms with Crippen molar-refractivity contribution in [3.05, 3.63) is 29.8 Å². The molecule has 5 heteroatoms. The zero-order chi connectivity index (χ0) is 13.7. The number of carbonyl (C=O) groups is 1. The molecule has 1 saturated heterocycles. The summed E-state index contributed by atoms with van der Waals surface area (Å²) < 4.78 is 0. The van der Waals surface area contributed by atoms with Crippen LogP contribution in [0.5, 0.6) is 0 Å². The van der Waals surface area contributed by atoms with E-state index in [2.05, 4.69) is 5.32 Å². The lowest BCUT2D eigenvalue weighted by Crippen LogP contribution is -2.35. The van der Waals surface area contributed by atoms with Crippen LogP contribution in [-0.2, 0) is 0 Å². The van der Waals surface area contributed by atoms with Crippen molar-refractivity contribution in [3.8, 4) is 0 Å².